The van der Waals surface area contributed by atoms with Gasteiger partial charge in [-0.3, -0.25) is 14.5 Å². The monoisotopic (exact) mass is 434 g/mol. The molecule has 0 bridgehead atoms. The number of piperazine rings is 1. The van der Waals surface area contributed by atoms with Gasteiger partial charge in [0.05, 0.1) is 19.3 Å². The average molecular weight is 435 g/mol. The van der Waals surface area contributed by atoms with Crippen molar-refractivity contribution >= 4 is 28.7 Å². The molecule has 0 unspecified atom stereocenters. The van der Waals surface area contributed by atoms with Crippen LogP contribution < -0.4 is 26.0 Å². The van der Waals surface area contributed by atoms with E-state index in [2.05, 4.69) is 15.1 Å². The van der Waals surface area contributed by atoms with Crippen molar-refractivity contribution in [1.82, 2.24) is 4.90 Å². The van der Waals surface area contributed by atoms with E-state index < -0.39 is 17.0 Å². The van der Waals surface area contributed by atoms with Crippen LogP contribution in [-0.2, 0) is 4.74 Å². The van der Waals surface area contributed by atoms with Crippen molar-refractivity contribution < 1.29 is 9.84 Å². The molecule has 0 spiro atoms. The second-order valence-electron chi connectivity index (χ2n) is 7.78. The molecule has 162 valence electrons. The molecule has 2 aromatic carbocycles. The van der Waals surface area contributed by atoms with E-state index in [0.29, 0.717) is 49.2 Å². The van der Waals surface area contributed by atoms with Crippen molar-refractivity contribution in [2.45, 2.75) is 6.10 Å². The number of β-amino-alcohol motifs (C(OH)–C–C–N with tert-alkyl or cyclic N) is 1. The SMILES string of the molecule is O=c1c(NC[C@@H](O)CN2CCOCC2)c(N2CCN(c3cccc(Cl)c3)CC2)c1=O. The number of benzene rings is 1. The van der Waals surface area contributed by atoms with Gasteiger partial charge in [-0.25, -0.2) is 0 Å². The van der Waals surface area contributed by atoms with Gasteiger partial charge in [-0.2, -0.15) is 0 Å². The molecule has 0 aromatic heterocycles. The highest BCUT2D eigenvalue weighted by atomic mass is 35.5. The number of hydrogen-bond donors (Lipinski definition) is 2. The third-order valence-electron chi connectivity index (χ3n) is 5.74. The molecule has 0 radical (unpaired) electrons. The van der Waals surface area contributed by atoms with Crippen LogP contribution in [0.4, 0.5) is 17.1 Å². The van der Waals surface area contributed by atoms with Crippen molar-refractivity contribution in [3.8, 4) is 0 Å². The van der Waals surface area contributed by atoms with Gasteiger partial charge in [0, 0.05) is 63.1 Å². The summed E-state index contributed by atoms with van der Waals surface area (Å²) < 4.78 is 5.31. The minimum absolute atomic E-state index is 0.234. The lowest BCUT2D eigenvalue weighted by atomic mass is 10.1. The van der Waals surface area contributed by atoms with E-state index in [0.717, 1.165) is 31.9 Å². The fourth-order valence-corrected chi connectivity index (χ4v) is 4.26. The number of anilines is 3. The van der Waals surface area contributed by atoms with Gasteiger partial charge in [0.1, 0.15) is 11.4 Å². The minimum atomic E-state index is -0.625. The van der Waals surface area contributed by atoms with Gasteiger partial charge >= 0.3 is 0 Å². The fourth-order valence-electron chi connectivity index (χ4n) is 4.07. The predicted molar refractivity (Wildman–Crippen MR) is 119 cm³/mol. The van der Waals surface area contributed by atoms with E-state index in [1.54, 1.807) is 0 Å². The zero-order chi connectivity index (χ0) is 21.1. The maximum atomic E-state index is 12.2. The van der Waals surface area contributed by atoms with Crippen molar-refractivity contribution in [3.63, 3.8) is 0 Å². The molecule has 0 aliphatic carbocycles. The van der Waals surface area contributed by atoms with Crippen LogP contribution in [-0.4, -0.2) is 81.7 Å². The number of ether oxygens (including phenoxy) is 1. The van der Waals surface area contributed by atoms with Crippen molar-refractivity contribution in [3.05, 3.63) is 49.7 Å². The Balaban J connectivity index is 1.33. The number of halogens is 1. The molecule has 2 aliphatic heterocycles. The maximum absolute atomic E-state index is 12.2. The summed E-state index contributed by atoms with van der Waals surface area (Å²) in [6, 6.07) is 7.71. The number of aliphatic hydroxyl groups excluding tert-OH is 1. The Morgan fingerprint density at radius 3 is 2.43 bits per heavy atom. The lowest BCUT2D eigenvalue weighted by Crippen LogP contribution is -2.52. The normalized spacial score (nSPS) is 19.3. The van der Waals surface area contributed by atoms with Crippen LogP contribution in [0.2, 0.25) is 5.02 Å². The van der Waals surface area contributed by atoms with E-state index in [1.165, 1.54) is 0 Å². The topological polar surface area (TPSA) is 85.3 Å². The Morgan fingerprint density at radius 2 is 1.73 bits per heavy atom. The predicted octanol–water partition coefficient (Wildman–Crippen LogP) is 0.368. The van der Waals surface area contributed by atoms with Gasteiger partial charge in [-0.15, -0.1) is 0 Å². The van der Waals surface area contributed by atoms with Gasteiger partial charge in [0.25, 0.3) is 10.9 Å². The first kappa shape index (κ1) is 21.1. The van der Waals surface area contributed by atoms with Gasteiger partial charge in [-0.05, 0) is 18.2 Å². The van der Waals surface area contributed by atoms with Gasteiger partial charge < -0.3 is 25.0 Å². The first-order chi connectivity index (χ1) is 14.5. The molecular formula is C21H27ClN4O4. The minimum Gasteiger partial charge on any atom is -0.390 e. The van der Waals surface area contributed by atoms with Gasteiger partial charge in [0.15, 0.2) is 0 Å². The lowest BCUT2D eigenvalue weighted by Gasteiger charge is -2.38. The zero-order valence-electron chi connectivity index (χ0n) is 16.8. The number of morpholine rings is 1. The van der Waals surface area contributed by atoms with Crippen LogP contribution in [0, 0.1) is 0 Å². The molecule has 2 saturated heterocycles. The molecule has 4 rings (SSSR count). The fraction of sp³-hybridized carbons (Fsp3) is 0.524. The summed E-state index contributed by atoms with van der Waals surface area (Å²) in [6.45, 7) is 6.42. The van der Waals surface area contributed by atoms with E-state index in [-0.39, 0.29) is 6.54 Å². The van der Waals surface area contributed by atoms with E-state index >= 15 is 0 Å². The molecule has 2 aromatic rings. The second-order valence-corrected chi connectivity index (χ2v) is 8.22. The molecule has 2 fully saturated rings. The Bertz CT molecular complexity index is 931. The van der Waals surface area contributed by atoms with Crippen LogP contribution in [0.5, 0.6) is 0 Å². The Hall–Kier alpha value is -2.13. The molecule has 0 saturated carbocycles. The molecule has 9 heteroatoms. The quantitative estimate of drug-likeness (QED) is 0.604. The highest BCUT2D eigenvalue weighted by molar-refractivity contribution is 6.30. The molecule has 8 nitrogen and oxygen atoms in total. The number of aliphatic hydroxyl groups is 1. The van der Waals surface area contributed by atoms with Gasteiger partial charge in [0.2, 0.25) is 0 Å². The first-order valence-corrected chi connectivity index (χ1v) is 10.7. The maximum Gasteiger partial charge on any atom is 0.253 e. The van der Waals surface area contributed by atoms with Crippen molar-refractivity contribution in [2.75, 3.05) is 80.7 Å². The second kappa shape index (κ2) is 9.34. The van der Waals surface area contributed by atoms with Gasteiger partial charge in [-0.1, -0.05) is 17.7 Å². The van der Waals surface area contributed by atoms with E-state index in [1.807, 2.05) is 29.2 Å². The Morgan fingerprint density at radius 1 is 1.03 bits per heavy atom. The van der Waals surface area contributed by atoms with Crippen molar-refractivity contribution in [1.29, 1.82) is 0 Å². The third-order valence-corrected chi connectivity index (χ3v) is 5.98. The standard InChI is InChI=1S/C21H27ClN4O4/c22-15-2-1-3-16(12-15)25-4-6-26(7-5-25)19-18(20(28)21(19)29)23-13-17(27)14-24-8-10-30-11-9-24/h1-3,12,17,23,27H,4-11,13-14H2/t17-/m1/s1. The molecule has 2 heterocycles. The summed E-state index contributed by atoms with van der Waals surface area (Å²) in [7, 11) is 0. The van der Waals surface area contributed by atoms with E-state index in [9.17, 15) is 14.7 Å². The zero-order valence-corrected chi connectivity index (χ0v) is 17.6. The lowest BCUT2D eigenvalue weighted by molar-refractivity contribution is 0.0171. The summed E-state index contributed by atoms with van der Waals surface area (Å²) >= 11 is 6.09. The van der Waals surface area contributed by atoms with E-state index in [4.69, 9.17) is 16.3 Å². The average Bonchev–Trinajstić information content (AvgIpc) is 2.77. The molecule has 0 amide bonds. The third kappa shape index (κ3) is 4.62. The Kier molecular flexibility index (Phi) is 6.58. The van der Waals surface area contributed by atoms with Crippen LogP contribution >= 0.6 is 11.6 Å². The Labute approximate surface area is 180 Å². The largest absolute Gasteiger partial charge is 0.390 e. The molecular weight excluding hydrogens is 408 g/mol. The highest BCUT2D eigenvalue weighted by Crippen LogP contribution is 2.25. The number of nitrogens with zero attached hydrogens (tertiary/aromatic N) is 3. The number of nitrogens with one attached hydrogen (secondary N) is 1. The van der Waals surface area contributed by atoms with Crippen LogP contribution in [0.3, 0.4) is 0 Å². The summed E-state index contributed by atoms with van der Waals surface area (Å²) in [6.07, 6.45) is -0.625. The molecule has 2 N–H and O–H groups in total. The number of rotatable bonds is 7. The summed E-state index contributed by atoms with van der Waals surface area (Å²) in [5.74, 6) is 0. The number of hydrogen-bond acceptors (Lipinski definition) is 8. The smallest absolute Gasteiger partial charge is 0.253 e. The van der Waals surface area contributed by atoms with Crippen LogP contribution in [0.25, 0.3) is 0 Å². The van der Waals surface area contributed by atoms with Crippen molar-refractivity contribution in [2.24, 2.45) is 0 Å². The highest BCUT2D eigenvalue weighted by Gasteiger charge is 2.29. The van der Waals surface area contributed by atoms with Crippen LogP contribution in [0.15, 0.2) is 33.9 Å². The summed E-state index contributed by atoms with van der Waals surface area (Å²) in [5, 5.41) is 14.0. The molecule has 30 heavy (non-hydrogen) atoms. The van der Waals surface area contributed by atoms with Crippen LogP contribution in [0.1, 0.15) is 0 Å². The first-order valence-electron chi connectivity index (χ1n) is 10.3. The molecule has 1 atom stereocenters. The summed E-state index contributed by atoms with van der Waals surface area (Å²) in [4.78, 5) is 30.6. The molecule has 2 aliphatic rings. The summed E-state index contributed by atoms with van der Waals surface area (Å²) in [5.41, 5.74) is 0.885.